The average molecular weight is 444 g/mol. The Labute approximate surface area is 191 Å². The van der Waals surface area contributed by atoms with Crippen LogP contribution < -0.4 is 9.47 Å². The molecule has 0 amide bonds. The molecular weight excluding hydrogens is 423 g/mol. The molecule has 166 valence electrons. The maximum Gasteiger partial charge on any atom is 0.338 e. The molecule has 5 nitrogen and oxygen atoms in total. The zero-order chi connectivity index (χ0) is 23.8. The molecule has 0 fully saturated rings. The number of ether oxygens (including phenoxy) is 3. The Bertz CT molecular complexity index is 1210. The number of hydrogen-bond donors (Lipinski definition) is 0. The molecule has 0 heterocycles. The minimum atomic E-state index is -0.577. The second kappa shape index (κ2) is 10.7. The number of halogens is 1. The summed E-state index contributed by atoms with van der Waals surface area (Å²) < 4.78 is 29.7. The lowest BCUT2D eigenvalue weighted by molar-refractivity contribution is -0.133. The van der Waals surface area contributed by atoms with Crippen molar-refractivity contribution < 1.29 is 28.2 Å². The van der Waals surface area contributed by atoms with E-state index in [1.165, 1.54) is 13.0 Å². The normalized spacial score (nSPS) is 10.5. The van der Waals surface area contributed by atoms with Gasteiger partial charge in [0.2, 0.25) is 0 Å². The molecule has 0 aliphatic heterocycles. The highest BCUT2D eigenvalue weighted by Gasteiger charge is 2.08. The summed E-state index contributed by atoms with van der Waals surface area (Å²) >= 11 is 0. The van der Waals surface area contributed by atoms with E-state index in [4.69, 9.17) is 14.2 Å². The Kier molecular flexibility index (Phi) is 7.55. The van der Waals surface area contributed by atoms with Crippen LogP contribution in [0.5, 0.6) is 11.5 Å². The van der Waals surface area contributed by atoms with Crippen molar-refractivity contribution in [2.24, 2.45) is 0 Å². The van der Waals surface area contributed by atoms with Crippen LogP contribution in [0.15, 0.2) is 104 Å². The van der Waals surface area contributed by atoms with Crippen LogP contribution >= 0.6 is 0 Å². The smallest absolute Gasteiger partial charge is 0.338 e. The average Bonchev–Trinajstić information content (AvgIpc) is 2.82. The van der Waals surface area contributed by atoms with Gasteiger partial charge in [0.25, 0.3) is 0 Å². The van der Waals surface area contributed by atoms with E-state index in [9.17, 15) is 14.0 Å². The molecule has 0 radical (unpaired) electrons. The Morgan fingerprint density at radius 3 is 2.00 bits per heavy atom. The van der Waals surface area contributed by atoms with Crippen molar-refractivity contribution in [3.63, 3.8) is 0 Å². The number of benzene rings is 3. The quantitative estimate of drug-likeness (QED) is 0.179. The molecular formula is C27H21FO5. The molecule has 0 aliphatic carbocycles. The van der Waals surface area contributed by atoms with Crippen LogP contribution in [-0.4, -0.2) is 11.9 Å². The molecule has 0 saturated carbocycles. The number of hydrogen-bond acceptors (Lipinski definition) is 5. The van der Waals surface area contributed by atoms with Crippen LogP contribution in [0, 0.1) is 5.82 Å². The topological polar surface area (TPSA) is 61.8 Å². The molecule has 0 bridgehead atoms. The van der Waals surface area contributed by atoms with Crippen molar-refractivity contribution in [2.45, 2.75) is 6.92 Å². The van der Waals surface area contributed by atoms with Gasteiger partial charge in [-0.3, -0.25) is 0 Å². The number of rotatable bonds is 8. The lowest BCUT2D eigenvalue weighted by Crippen LogP contribution is -2.02. The third kappa shape index (κ3) is 6.27. The van der Waals surface area contributed by atoms with Crippen molar-refractivity contribution in [1.82, 2.24) is 0 Å². The van der Waals surface area contributed by atoms with E-state index in [-0.39, 0.29) is 11.3 Å². The fraction of sp³-hybridized carbons (Fsp3) is 0.0370. The van der Waals surface area contributed by atoms with Crippen molar-refractivity contribution in [2.75, 3.05) is 0 Å². The zero-order valence-corrected chi connectivity index (χ0v) is 17.9. The van der Waals surface area contributed by atoms with Crippen molar-refractivity contribution in [3.05, 3.63) is 110 Å². The molecule has 3 aromatic carbocycles. The highest BCUT2D eigenvalue weighted by atomic mass is 19.1. The first-order valence-corrected chi connectivity index (χ1v) is 9.90. The second-order valence-electron chi connectivity index (χ2n) is 6.94. The summed E-state index contributed by atoms with van der Waals surface area (Å²) in [5.74, 6) is -0.873. The van der Waals surface area contributed by atoms with Gasteiger partial charge in [-0.05, 0) is 47.9 Å². The van der Waals surface area contributed by atoms with E-state index in [1.54, 1.807) is 24.3 Å². The van der Waals surface area contributed by atoms with E-state index in [0.29, 0.717) is 16.9 Å². The Morgan fingerprint density at radius 1 is 0.848 bits per heavy atom. The SMILES string of the molecule is C=CC(=O)Oc1ccc(-c2ccc(-c3ccc(O/C=C\OC(=O)C(=C)C)cc3F)cc2)cc1. The fourth-order valence-electron chi connectivity index (χ4n) is 2.82. The van der Waals surface area contributed by atoms with Gasteiger partial charge in [0.1, 0.15) is 29.8 Å². The molecule has 0 spiro atoms. The van der Waals surface area contributed by atoms with Gasteiger partial charge >= 0.3 is 11.9 Å². The van der Waals surface area contributed by atoms with Crippen molar-refractivity contribution in [3.8, 4) is 33.8 Å². The van der Waals surface area contributed by atoms with Crippen LogP contribution in [0.2, 0.25) is 0 Å². The van der Waals surface area contributed by atoms with Crippen LogP contribution in [0.4, 0.5) is 4.39 Å². The van der Waals surface area contributed by atoms with Crippen LogP contribution in [0.1, 0.15) is 6.92 Å². The molecule has 0 N–H and O–H groups in total. The summed E-state index contributed by atoms with van der Waals surface area (Å²) in [7, 11) is 0. The van der Waals surface area contributed by atoms with E-state index < -0.39 is 17.8 Å². The second-order valence-corrected chi connectivity index (χ2v) is 6.94. The third-order valence-corrected chi connectivity index (χ3v) is 4.49. The number of carbonyl (C=O) groups is 2. The van der Waals surface area contributed by atoms with Gasteiger partial charge in [-0.1, -0.05) is 49.6 Å². The molecule has 6 heteroatoms. The van der Waals surface area contributed by atoms with Gasteiger partial charge in [-0.15, -0.1) is 0 Å². The van der Waals surface area contributed by atoms with E-state index >= 15 is 0 Å². The maximum absolute atomic E-state index is 14.6. The van der Waals surface area contributed by atoms with Gasteiger partial charge in [0.15, 0.2) is 0 Å². The molecule has 3 aromatic rings. The van der Waals surface area contributed by atoms with Crippen LogP contribution in [0.25, 0.3) is 22.3 Å². The highest BCUT2D eigenvalue weighted by Crippen LogP contribution is 2.29. The molecule has 0 aliphatic rings. The lowest BCUT2D eigenvalue weighted by atomic mass is 10.00. The standard InChI is InChI=1S/C27H21FO5/c1-4-26(29)33-22-11-9-20(10-12-22)19-5-7-21(8-6-19)24-14-13-23(17-25(24)28)31-15-16-32-27(30)18(2)3/h4-17H,1-2H2,3H3/b16-15-. The summed E-state index contributed by atoms with van der Waals surface area (Å²) in [6.45, 7) is 8.35. The Morgan fingerprint density at radius 2 is 1.42 bits per heavy atom. The summed E-state index contributed by atoms with van der Waals surface area (Å²) in [6.07, 6.45) is 3.31. The van der Waals surface area contributed by atoms with Gasteiger partial charge in [0, 0.05) is 23.3 Å². The molecule has 0 aromatic heterocycles. The molecule has 33 heavy (non-hydrogen) atoms. The first kappa shape index (κ1) is 23.2. The third-order valence-electron chi connectivity index (χ3n) is 4.49. The fourth-order valence-corrected chi connectivity index (χ4v) is 2.82. The Balaban J connectivity index is 1.67. The van der Waals surface area contributed by atoms with Gasteiger partial charge in [-0.2, -0.15) is 0 Å². The monoisotopic (exact) mass is 444 g/mol. The van der Waals surface area contributed by atoms with Crippen LogP contribution in [0.3, 0.4) is 0 Å². The molecule has 0 saturated heterocycles. The molecule has 0 unspecified atom stereocenters. The summed E-state index contributed by atoms with van der Waals surface area (Å²) in [5.41, 5.74) is 3.22. The summed E-state index contributed by atoms with van der Waals surface area (Å²) in [6, 6.07) is 18.9. The minimum Gasteiger partial charge on any atom is -0.462 e. The zero-order valence-electron chi connectivity index (χ0n) is 17.9. The summed E-state index contributed by atoms with van der Waals surface area (Å²) in [5, 5.41) is 0. The highest BCUT2D eigenvalue weighted by molar-refractivity contribution is 5.87. The Hall–Kier alpha value is -4.45. The van der Waals surface area contributed by atoms with Crippen LogP contribution in [-0.2, 0) is 14.3 Å². The molecule has 0 atom stereocenters. The maximum atomic E-state index is 14.6. The van der Waals surface area contributed by atoms with Gasteiger partial charge in [-0.25, -0.2) is 14.0 Å². The minimum absolute atomic E-state index is 0.257. The van der Waals surface area contributed by atoms with E-state index in [1.807, 2.05) is 36.4 Å². The van der Waals surface area contributed by atoms with Gasteiger partial charge in [0.05, 0.1) is 0 Å². The number of esters is 2. The van der Waals surface area contributed by atoms with Crippen molar-refractivity contribution in [1.29, 1.82) is 0 Å². The lowest BCUT2D eigenvalue weighted by Gasteiger charge is -2.08. The first-order chi connectivity index (χ1) is 15.9. The number of carbonyl (C=O) groups excluding carboxylic acids is 2. The van der Waals surface area contributed by atoms with Gasteiger partial charge < -0.3 is 14.2 Å². The first-order valence-electron chi connectivity index (χ1n) is 9.90. The van der Waals surface area contributed by atoms with E-state index in [0.717, 1.165) is 29.7 Å². The predicted octanol–water partition coefficient (Wildman–Crippen LogP) is 6.22. The predicted molar refractivity (Wildman–Crippen MR) is 124 cm³/mol. The summed E-state index contributed by atoms with van der Waals surface area (Å²) in [4.78, 5) is 22.5. The molecule has 3 rings (SSSR count). The van der Waals surface area contributed by atoms with Crippen molar-refractivity contribution >= 4 is 11.9 Å². The largest absolute Gasteiger partial charge is 0.462 e. The van der Waals surface area contributed by atoms with E-state index in [2.05, 4.69) is 13.2 Å².